The molecule has 1 saturated heterocycles. The molecular formula is C20H22N4O3S. The summed E-state index contributed by atoms with van der Waals surface area (Å²) >= 11 is 0. The zero-order chi connectivity index (χ0) is 19.6. The molecule has 0 amide bonds. The average Bonchev–Trinajstić information content (AvgIpc) is 3.22. The lowest BCUT2D eigenvalue weighted by molar-refractivity contribution is 0.340. The largest absolute Gasteiger partial charge is 0.494 e. The number of nitrogens with one attached hydrogen (secondary N) is 1. The number of anilines is 2. The Morgan fingerprint density at radius 1 is 1.00 bits per heavy atom. The Balaban J connectivity index is 1.71. The van der Waals surface area contributed by atoms with Gasteiger partial charge in [-0.2, -0.15) is 0 Å². The van der Waals surface area contributed by atoms with Crippen LogP contribution in [-0.2, 0) is 10.0 Å². The Bertz CT molecular complexity index is 1080. The molecule has 0 atom stereocenters. The number of para-hydroxylation sites is 2. The van der Waals surface area contributed by atoms with Gasteiger partial charge in [-0.1, -0.05) is 12.1 Å². The van der Waals surface area contributed by atoms with E-state index in [4.69, 9.17) is 4.74 Å². The van der Waals surface area contributed by atoms with Crippen LogP contribution in [0.5, 0.6) is 5.75 Å². The monoisotopic (exact) mass is 398 g/mol. The van der Waals surface area contributed by atoms with Gasteiger partial charge in [-0.3, -0.25) is 4.72 Å². The number of hydrogen-bond donors (Lipinski definition) is 1. The maximum absolute atomic E-state index is 12.9. The molecule has 1 aliphatic heterocycles. The fraction of sp³-hybridized carbons (Fsp3) is 0.300. The van der Waals surface area contributed by atoms with Crippen LogP contribution in [0.2, 0.25) is 0 Å². The zero-order valence-electron chi connectivity index (χ0n) is 15.6. The van der Waals surface area contributed by atoms with E-state index in [1.165, 1.54) is 12.1 Å². The molecule has 0 radical (unpaired) electrons. The number of sulfonamides is 1. The molecule has 0 spiro atoms. The molecule has 8 heteroatoms. The summed E-state index contributed by atoms with van der Waals surface area (Å²) in [6, 6.07) is 13.8. The minimum atomic E-state index is -3.80. The summed E-state index contributed by atoms with van der Waals surface area (Å²) in [5, 5.41) is 0. The van der Waals surface area contributed by atoms with E-state index in [1.807, 2.05) is 31.2 Å². The van der Waals surface area contributed by atoms with E-state index in [0.717, 1.165) is 31.4 Å². The van der Waals surface area contributed by atoms with Gasteiger partial charge in [0.2, 0.25) is 0 Å². The fourth-order valence-corrected chi connectivity index (χ4v) is 4.28. The lowest BCUT2D eigenvalue weighted by Gasteiger charge is -2.20. The number of hydrogen-bond acceptors (Lipinski definition) is 6. The Morgan fingerprint density at radius 3 is 2.29 bits per heavy atom. The van der Waals surface area contributed by atoms with E-state index in [-0.39, 0.29) is 10.7 Å². The SMILES string of the molecule is CCOc1ccc(S(=O)(=O)Nc2nc3ccccc3nc2N2CCCC2)cc1. The minimum absolute atomic E-state index is 0.151. The molecule has 2 aromatic carbocycles. The van der Waals surface area contributed by atoms with E-state index in [0.29, 0.717) is 23.7 Å². The molecule has 28 heavy (non-hydrogen) atoms. The average molecular weight is 398 g/mol. The quantitative estimate of drug-likeness (QED) is 0.685. The number of aromatic nitrogens is 2. The summed E-state index contributed by atoms with van der Waals surface area (Å²) in [6.07, 6.45) is 2.11. The number of fused-ring (bicyclic) bond motifs is 1. The highest BCUT2D eigenvalue weighted by molar-refractivity contribution is 7.92. The molecule has 3 aromatic rings. The summed E-state index contributed by atoms with van der Waals surface area (Å²) < 4.78 is 33.9. The van der Waals surface area contributed by atoms with E-state index < -0.39 is 10.0 Å². The van der Waals surface area contributed by atoms with Crippen LogP contribution in [0.4, 0.5) is 11.6 Å². The highest BCUT2D eigenvalue weighted by Crippen LogP contribution is 2.29. The number of benzene rings is 2. The smallest absolute Gasteiger partial charge is 0.263 e. The van der Waals surface area contributed by atoms with Crippen molar-refractivity contribution in [2.24, 2.45) is 0 Å². The summed E-state index contributed by atoms with van der Waals surface area (Å²) in [5.41, 5.74) is 1.39. The molecule has 0 bridgehead atoms. The van der Waals surface area contributed by atoms with E-state index in [2.05, 4.69) is 19.6 Å². The molecule has 0 unspecified atom stereocenters. The second kappa shape index (κ2) is 7.63. The molecule has 146 valence electrons. The summed E-state index contributed by atoms with van der Waals surface area (Å²) in [6.45, 7) is 4.08. The summed E-state index contributed by atoms with van der Waals surface area (Å²) in [4.78, 5) is 11.5. The first-order valence-corrected chi connectivity index (χ1v) is 10.8. The number of rotatable bonds is 6. The first-order chi connectivity index (χ1) is 13.6. The van der Waals surface area contributed by atoms with Crippen LogP contribution in [0.15, 0.2) is 53.4 Å². The molecule has 1 aromatic heterocycles. The topological polar surface area (TPSA) is 84.4 Å². The third kappa shape index (κ3) is 3.73. The van der Waals surface area contributed by atoms with Crippen molar-refractivity contribution in [3.8, 4) is 5.75 Å². The molecule has 1 N–H and O–H groups in total. The molecule has 7 nitrogen and oxygen atoms in total. The van der Waals surface area contributed by atoms with Crippen LogP contribution in [-0.4, -0.2) is 38.1 Å². The molecule has 0 aliphatic carbocycles. The predicted octanol–water partition coefficient (Wildman–Crippen LogP) is 3.43. The van der Waals surface area contributed by atoms with Crippen molar-refractivity contribution in [3.63, 3.8) is 0 Å². The van der Waals surface area contributed by atoms with Crippen molar-refractivity contribution < 1.29 is 13.2 Å². The maximum atomic E-state index is 12.9. The van der Waals surface area contributed by atoms with Crippen molar-refractivity contribution in [1.82, 2.24) is 9.97 Å². The Hall–Kier alpha value is -2.87. The fourth-order valence-electron chi connectivity index (χ4n) is 3.28. The van der Waals surface area contributed by atoms with Gasteiger partial charge in [-0.25, -0.2) is 18.4 Å². The molecular weight excluding hydrogens is 376 g/mol. The second-order valence-electron chi connectivity index (χ2n) is 6.59. The van der Waals surface area contributed by atoms with E-state index in [1.54, 1.807) is 12.1 Å². The third-order valence-corrected chi connectivity index (χ3v) is 5.99. The molecule has 2 heterocycles. The number of ether oxygens (including phenoxy) is 1. The van der Waals surface area contributed by atoms with Gasteiger partial charge in [-0.05, 0) is 56.2 Å². The maximum Gasteiger partial charge on any atom is 0.263 e. The molecule has 4 rings (SSSR count). The summed E-state index contributed by atoms with van der Waals surface area (Å²) in [5.74, 6) is 1.46. The lowest BCUT2D eigenvalue weighted by Crippen LogP contribution is -2.23. The Morgan fingerprint density at radius 2 is 1.64 bits per heavy atom. The van der Waals surface area contributed by atoms with Crippen LogP contribution in [0, 0.1) is 0 Å². The highest BCUT2D eigenvalue weighted by atomic mass is 32.2. The van der Waals surface area contributed by atoms with E-state index in [9.17, 15) is 8.42 Å². The van der Waals surface area contributed by atoms with Gasteiger partial charge in [0.1, 0.15) is 5.75 Å². The summed E-state index contributed by atoms with van der Waals surface area (Å²) in [7, 11) is -3.80. The molecule has 1 aliphatic rings. The standard InChI is InChI=1S/C20H22N4O3S/c1-2-27-15-9-11-16(12-10-15)28(25,26)23-19-20(24-13-5-6-14-24)22-18-8-4-3-7-17(18)21-19/h3-4,7-12H,2,5-6,13-14H2,1H3,(H,21,23). The van der Waals surface area contributed by atoms with Crippen LogP contribution < -0.4 is 14.4 Å². The first kappa shape index (κ1) is 18.5. The van der Waals surface area contributed by atoms with Gasteiger partial charge >= 0.3 is 0 Å². The van der Waals surface area contributed by atoms with Crippen LogP contribution in [0.25, 0.3) is 11.0 Å². The number of nitrogens with zero attached hydrogens (tertiary/aromatic N) is 3. The van der Waals surface area contributed by atoms with Gasteiger partial charge in [0, 0.05) is 13.1 Å². The van der Waals surface area contributed by atoms with Gasteiger partial charge in [0.05, 0.1) is 22.5 Å². The van der Waals surface area contributed by atoms with Gasteiger partial charge in [-0.15, -0.1) is 0 Å². The zero-order valence-corrected chi connectivity index (χ0v) is 16.4. The van der Waals surface area contributed by atoms with Crippen molar-refractivity contribution in [3.05, 3.63) is 48.5 Å². The second-order valence-corrected chi connectivity index (χ2v) is 8.27. The van der Waals surface area contributed by atoms with Crippen LogP contribution in [0.3, 0.4) is 0 Å². The van der Waals surface area contributed by atoms with Gasteiger partial charge in [0.15, 0.2) is 11.6 Å². The lowest BCUT2D eigenvalue weighted by atomic mass is 10.3. The predicted molar refractivity (Wildman–Crippen MR) is 109 cm³/mol. The van der Waals surface area contributed by atoms with Gasteiger partial charge < -0.3 is 9.64 Å². The van der Waals surface area contributed by atoms with Crippen molar-refractivity contribution in [2.45, 2.75) is 24.7 Å². The van der Waals surface area contributed by atoms with Crippen molar-refractivity contribution in [1.29, 1.82) is 0 Å². The van der Waals surface area contributed by atoms with E-state index >= 15 is 0 Å². The van der Waals surface area contributed by atoms with Crippen molar-refractivity contribution in [2.75, 3.05) is 29.3 Å². The van der Waals surface area contributed by atoms with Crippen LogP contribution in [0.1, 0.15) is 19.8 Å². The molecule has 1 fully saturated rings. The minimum Gasteiger partial charge on any atom is -0.494 e. The first-order valence-electron chi connectivity index (χ1n) is 9.34. The van der Waals surface area contributed by atoms with Crippen molar-refractivity contribution >= 4 is 32.7 Å². The molecule has 0 saturated carbocycles. The van der Waals surface area contributed by atoms with Crippen LogP contribution >= 0.6 is 0 Å². The normalized spacial score (nSPS) is 14.4. The third-order valence-electron chi connectivity index (χ3n) is 4.63. The Labute approximate surface area is 164 Å². The Kier molecular flexibility index (Phi) is 5.04. The highest BCUT2D eigenvalue weighted by Gasteiger charge is 2.23. The van der Waals surface area contributed by atoms with Gasteiger partial charge in [0.25, 0.3) is 10.0 Å².